The van der Waals surface area contributed by atoms with Gasteiger partial charge in [-0.15, -0.1) is 0 Å². The van der Waals surface area contributed by atoms with Crippen molar-refractivity contribution in [2.75, 3.05) is 5.32 Å². The summed E-state index contributed by atoms with van der Waals surface area (Å²) in [5, 5.41) is 10.7. The van der Waals surface area contributed by atoms with Crippen LogP contribution >= 0.6 is 0 Å². The number of nitrogens with one attached hydrogen (secondary N) is 1. The lowest BCUT2D eigenvalue weighted by Crippen LogP contribution is -2.30. The van der Waals surface area contributed by atoms with Gasteiger partial charge < -0.3 is 5.32 Å². The zero-order valence-corrected chi connectivity index (χ0v) is 15.9. The van der Waals surface area contributed by atoms with Crippen LogP contribution in [-0.2, 0) is 24.6 Å². The van der Waals surface area contributed by atoms with Gasteiger partial charge in [0.25, 0.3) is 5.56 Å². The predicted molar refractivity (Wildman–Crippen MR) is 100 cm³/mol. The van der Waals surface area contributed by atoms with Crippen LogP contribution in [0.4, 0.5) is 18.9 Å². The van der Waals surface area contributed by atoms with Crippen LogP contribution in [0.15, 0.2) is 41.2 Å². The first-order chi connectivity index (χ1) is 13.6. The second-order valence-electron chi connectivity index (χ2n) is 6.48. The van der Waals surface area contributed by atoms with Crippen LogP contribution in [0.2, 0.25) is 0 Å². The topological polar surface area (TPSA) is 81.8 Å². The van der Waals surface area contributed by atoms with E-state index in [0.717, 1.165) is 28.1 Å². The van der Waals surface area contributed by atoms with E-state index < -0.39 is 29.8 Å². The fourth-order valence-corrected chi connectivity index (χ4v) is 3.00. The highest BCUT2D eigenvalue weighted by Crippen LogP contribution is 2.34. The molecule has 3 aromatic rings. The van der Waals surface area contributed by atoms with Gasteiger partial charge in [0.2, 0.25) is 5.91 Å². The number of aryl methyl sites for hydroxylation is 2. The number of rotatable bonds is 4. The standard InChI is InChI=1S/C19H18F3N5O2/c1-11-18(12(2)26(3)24-11)15-8-9-17(29)27(25-15)10-16(28)23-14-7-5-4-6-13(14)19(20,21)22/h4-9H,10H2,1-3H3,(H,23,28). The van der Waals surface area contributed by atoms with E-state index in [1.165, 1.54) is 24.3 Å². The SMILES string of the molecule is Cc1nn(C)c(C)c1-c1ccc(=O)n(CC(=O)Nc2ccccc2C(F)(F)F)n1. The molecule has 1 aromatic carbocycles. The zero-order chi connectivity index (χ0) is 21.3. The number of alkyl halides is 3. The number of para-hydroxylation sites is 1. The molecule has 0 aliphatic rings. The third-order valence-corrected chi connectivity index (χ3v) is 4.43. The Bertz CT molecular complexity index is 1130. The third kappa shape index (κ3) is 4.20. The summed E-state index contributed by atoms with van der Waals surface area (Å²) in [6, 6.07) is 7.40. The van der Waals surface area contributed by atoms with E-state index in [1.54, 1.807) is 18.7 Å². The van der Waals surface area contributed by atoms with E-state index in [2.05, 4.69) is 15.5 Å². The third-order valence-electron chi connectivity index (χ3n) is 4.43. The van der Waals surface area contributed by atoms with E-state index in [0.29, 0.717) is 11.4 Å². The van der Waals surface area contributed by atoms with Crippen molar-refractivity contribution in [1.82, 2.24) is 19.6 Å². The maximum atomic E-state index is 13.1. The predicted octanol–water partition coefficient (Wildman–Crippen LogP) is 2.92. The first-order valence-corrected chi connectivity index (χ1v) is 8.62. The molecular weight excluding hydrogens is 387 g/mol. The van der Waals surface area contributed by atoms with Crippen molar-refractivity contribution in [3.05, 3.63) is 63.7 Å². The summed E-state index contributed by atoms with van der Waals surface area (Å²) in [6.45, 7) is 3.10. The van der Waals surface area contributed by atoms with Crippen LogP contribution in [0.1, 0.15) is 17.0 Å². The number of halogens is 3. The Morgan fingerprint density at radius 3 is 2.41 bits per heavy atom. The lowest BCUT2D eigenvalue weighted by atomic mass is 10.1. The minimum absolute atomic E-state index is 0.381. The average Bonchev–Trinajstić information content (AvgIpc) is 2.88. The van der Waals surface area contributed by atoms with E-state index in [9.17, 15) is 22.8 Å². The molecule has 1 amide bonds. The van der Waals surface area contributed by atoms with Gasteiger partial charge in [0.15, 0.2) is 0 Å². The van der Waals surface area contributed by atoms with E-state index >= 15 is 0 Å². The number of carbonyl (C=O) groups is 1. The van der Waals surface area contributed by atoms with Crippen LogP contribution in [-0.4, -0.2) is 25.5 Å². The lowest BCUT2D eigenvalue weighted by molar-refractivity contribution is -0.137. The smallest absolute Gasteiger partial charge is 0.324 e. The average molecular weight is 405 g/mol. The summed E-state index contributed by atoms with van der Waals surface area (Å²) in [5.74, 6) is -0.798. The molecule has 0 atom stereocenters. The molecule has 29 heavy (non-hydrogen) atoms. The summed E-state index contributed by atoms with van der Waals surface area (Å²) >= 11 is 0. The molecule has 0 unspecified atom stereocenters. The molecule has 10 heteroatoms. The maximum Gasteiger partial charge on any atom is 0.418 e. The molecule has 0 saturated carbocycles. The molecule has 0 aliphatic heterocycles. The highest BCUT2D eigenvalue weighted by Gasteiger charge is 2.33. The number of aromatic nitrogens is 4. The quantitative estimate of drug-likeness (QED) is 0.724. The molecule has 152 valence electrons. The normalized spacial score (nSPS) is 11.5. The zero-order valence-electron chi connectivity index (χ0n) is 15.9. The molecule has 3 rings (SSSR count). The summed E-state index contributed by atoms with van der Waals surface area (Å²) in [5.41, 5.74) is 0.791. The van der Waals surface area contributed by atoms with Gasteiger partial charge in [-0.1, -0.05) is 12.1 Å². The Hall–Kier alpha value is -3.43. The molecular formula is C19H18F3N5O2. The number of hydrogen-bond donors (Lipinski definition) is 1. The van der Waals surface area contributed by atoms with E-state index in [4.69, 9.17) is 0 Å². The molecule has 1 N–H and O–H groups in total. The van der Waals surface area contributed by atoms with Crippen molar-refractivity contribution in [2.45, 2.75) is 26.6 Å². The fourth-order valence-electron chi connectivity index (χ4n) is 3.00. The number of benzene rings is 1. The summed E-state index contributed by atoms with van der Waals surface area (Å²) in [7, 11) is 1.77. The van der Waals surface area contributed by atoms with Crippen LogP contribution in [0, 0.1) is 13.8 Å². The number of anilines is 1. The minimum atomic E-state index is -4.62. The van der Waals surface area contributed by atoms with Crippen molar-refractivity contribution in [2.24, 2.45) is 7.05 Å². The summed E-state index contributed by atoms with van der Waals surface area (Å²) in [4.78, 5) is 24.4. The van der Waals surface area contributed by atoms with Gasteiger partial charge in [0.1, 0.15) is 6.54 Å². The lowest BCUT2D eigenvalue weighted by Gasteiger charge is -2.14. The molecule has 2 aromatic heterocycles. The van der Waals surface area contributed by atoms with Gasteiger partial charge in [0.05, 0.1) is 22.6 Å². The van der Waals surface area contributed by atoms with Crippen molar-refractivity contribution in [3.63, 3.8) is 0 Å². The van der Waals surface area contributed by atoms with Crippen molar-refractivity contribution < 1.29 is 18.0 Å². The molecule has 2 heterocycles. The van der Waals surface area contributed by atoms with Gasteiger partial charge in [-0.05, 0) is 32.0 Å². The Balaban J connectivity index is 1.88. The molecule has 0 spiro atoms. The van der Waals surface area contributed by atoms with Crippen molar-refractivity contribution in [1.29, 1.82) is 0 Å². The minimum Gasteiger partial charge on any atom is -0.324 e. The van der Waals surface area contributed by atoms with Gasteiger partial charge >= 0.3 is 6.18 Å². The Morgan fingerprint density at radius 1 is 1.10 bits per heavy atom. The van der Waals surface area contributed by atoms with Crippen molar-refractivity contribution in [3.8, 4) is 11.3 Å². The van der Waals surface area contributed by atoms with Crippen LogP contribution in [0.5, 0.6) is 0 Å². The molecule has 0 bridgehead atoms. The van der Waals surface area contributed by atoms with Crippen molar-refractivity contribution >= 4 is 11.6 Å². The second kappa shape index (κ2) is 7.53. The monoisotopic (exact) mass is 405 g/mol. The van der Waals surface area contributed by atoms with Crippen LogP contribution in [0.25, 0.3) is 11.3 Å². The Kier molecular flexibility index (Phi) is 5.27. The molecule has 0 radical (unpaired) electrons. The summed E-state index contributed by atoms with van der Waals surface area (Å²) in [6.07, 6.45) is -4.62. The van der Waals surface area contributed by atoms with E-state index in [1.807, 2.05) is 6.92 Å². The highest BCUT2D eigenvalue weighted by atomic mass is 19.4. The van der Waals surface area contributed by atoms with Gasteiger partial charge in [0, 0.05) is 24.4 Å². The van der Waals surface area contributed by atoms with E-state index in [-0.39, 0.29) is 5.69 Å². The second-order valence-corrected chi connectivity index (χ2v) is 6.48. The largest absolute Gasteiger partial charge is 0.418 e. The maximum absolute atomic E-state index is 13.1. The van der Waals surface area contributed by atoms with Gasteiger partial charge in [-0.2, -0.15) is 23.4 Å². The molecule has 0 fully saturated rings. The molecule has 0 aliphatic carbocycles. The fraction of sp³-hybridized carbons (Fsp3) is 0.263. The summed E-state index contributed by atoms with van der Waals surface area (Å²) < 4.78 is 41.8. The van der Waals surface area contributed by atoms with Crippen LogP contribution < -0.4 is 10.9 Å². The number of nitrogens with zero attached hydrogens (tertiary/aromatic N) is 4. The molecule has 0 saturated heterocycles. The number of carbonyl (C=O) groups excluding carboxylic acids is 1. The molecule has 7 nitrogen and oxygen atoms in total. The first kappa shape index (κ1) is 20.3. The number of amides is 1. The highest BCUT2D eigenvalue weighted by molar-refractivity contribution is 5.91. The van der Waals surface area contributed by atoms with Gasteiger partial charge in [-0.25, -0.2) is 4.68 Å². The Morgan fingerprint density at radius 2 is 1.79 bits per heavy atom. The van der Waals surface area contributed by atoms with Crippen LogP contribution in [0.3, 0.4) is 0 Å². The van der Waals surface area contributed by atoms with Gasteiger partial charge in [-0.3, -0.25) is 14.3 Å². The number of hydrogen-bond acceptors (Lipinski definition) is 4. The first-order valence-electron chi connectivity index (χ1n) is 8.62. The Labute approximate surface area is 163 Å².